The van der Waals surface area contributed by atoms with Crippen molar-refractivity contribution in [3.8, 4) is 0 Å². The van der Waals surface area contributed by atoms with E-state index >= 15 is 0 Å². The third-order valence-electron chi connectivity index (χ3n) is 4.40. The van der Waals surface area contributed by atoms with Crippen LogP contribution in [0.15, 0.2) is 77.7 Å². The lowest BCUT2D eigenvalue weighted by atomic mass is 10.2. The van der Waals surface area contributed by atoms with Crippen molar-refractivity contribution in [1.82, 2.24) is 9.97 Å². The van der Waals surface area contributed by atoms with E-state index in [4.69, 9.17) is 15.2 Å². The average molecular weight is 453 g/mol. The molecule has 164 valence electrons. The van der Waals surface area contributed by atoms with Crippen LogP contribution >= 0.6 is 0 Å². The zero-order valence-corrected chi connectivity index (χ0v) is 17.7. The van der Waals surface area contributed by atoms with Gasteiger partial charge in [-0.25, -0.2) is 13.4 Å². The second-order valence-corrected chi connectivity index (χ2v) is 8.89. The van der Waals surface area contributed by atoms with Crippen LogP contribution in [0.1, 0.15) is 11.9 Å². The van der Waals surface area contributed by atoms with Gasteiger partial charge in [0.05, 0.1) is 4.90 Å². The average Bonchev–Trinajstić information content (AvgIpc) is 3.25. The maximum absolute atomic E-state index is 11.7. The summed E-state index contributed by atoms with van der Waals surface area (Å²) in [5, 5.41) is 6.15. The minimum Gasteiger partial charge on any atom is -0.454 e. The maximum Gasteiger partial charge on any atom is 0.287 e. The minimum atomic E-state index is -3.32. The molecule has 0 saturated carbocycles. The molecular formula is C21H19N5O5S. The smallest absolute Gasteiger partial charge is 0.287 e. The van der Waals surface area contributed by atoms with E-state index in [-0.39, 0.29) is 10.7 Å². The molecule has 3 aromatic rings. The molecule has 1 aliphatic rings. The first kappa shape index (κ1) is 21.1. The third kappa shape index (κ3) is 4.95. The standard InChI is InChI=1S/C21H19N5O5S/c1-32(28,29)16-4-2-3-15(11-16)25-21-23-10-9-18(26-21)24-14-7-5-13(6-8-14)20-30-12-17(31-20)19(22)27/h2-12,20H,1H3,(H2,22,27)(H2,23,24,25,26). The molecule has 1 amide bonds. The minimum absolute atomic E-state index is 0.0275. The Labute approximate surface area is 184 Å². The third-order valence-corrected chi connectivity index (χ3v) is 5.51. The number of hydrogen-bond acceptors (Lipinski definition) is 9. The number of carbonyl (C=O) groups excluding carboxylic acids is 1. The van der Waals surface area contributed by atoms with Crippen molar-refractivity contribution >= 4 is 38.9 Å². The Bertz CT molecular complexity index is 1290. The van der Waals surface area contributed by atoms with Gasteiger partial charge < -0.3 is 25.8 Å². The summed E-state index contributed by atoms with van der Waals surface area (Å²) in [5.74, 6) is 0.109. The molecule has 0 fully saturated rings. The topological polar surface area (TPSA) is 146 Å². The molecule has 32 heavy (non-hydrogen) atoms. The summed E-state index contributed by atoms with van der Waals surface area (Å²) in [6.07, 6.45) is 3.18. The zero-order chi connectivity index (χ0) is 22.7. The van der Waals surface area contributed by atoms with E-state index in [2.05, 4.69) is 20.6 Å². The summed E-state index contributed by atoms with van der Waals surface area (Å²) in [5.41, 5.74) is 7.18. The highest BCUT2D eigenvalue weighted by molar-refractivity contribution is 7.90. The summed E-state index contributed by atoms with van der Waals surface area (Å²) in [6.45, 7) is 0. The first-order valence-electron chi connectivity index (χ1n) is 9.37. The molecule has 0 spiro atoms. The monoisotopic (exact) mass is 453 g/mol. The fourth-order valence-corrected chi connectivity index (χ4v) is 3.52. The van der Waals surface area contributed by atoms with Gasteiger partial charge in [-0.05, 0) is 48.5 Å². The van der Waals surface area contributed by atoms with Crippen molar-refractivity contribution in [3.63, 3.8) is 0 Å². The van der Waals surface area contributed by atoms with E-state index in [1.54, 1.807) is 48.7 Å². The summed E-state index contributed by atoms with van der Waals surface area (Å²) < 4.78 is 34.1. The Morgan fingerprint density at radius 3 is 2.53 bits per heavy atom. The fraction of sp³-hybridized carbons (Fsp3) is 0.0952. The molecule has 1 unspecified atom stereocenters. The summed E-state index contributed by atoms with van der Waals surface area (Å²) in [4.78, 5) is 19.9. The van der Waals surface area contributed by atoms with Crippen LogP contribution in [0.25, 0.3) is 0 Å². The number of ether oxygens (including phenoxy) is 2. The largest absolute Gasteiger partial charge is 0.454 e. The normalized spacial score (nSPS) is 15.3. The first-order chi connectivity index (χ1) is 15.3. The van der Waals surface area contributed by atoms with E-state index in [0.717, 1.165) is 11.9 Å². The van der Waals surface area contributed by atoms with Gasteiger partial charge in [0.1, 0.15) is 12.1 Å². The molecule has 1 aliphatic heterocycles. The van der Waals surface area contributed by atoms with Crippen molar-refractivity contribution in [3.05, 3.63) is 78.4 Å². The van der Waals surface area contributed by atoms with Crippen molar-refractivity contribution in [2.45, 2.75) is 11.2 Å². The van der Waals surface area contributed by atoms with E-state index in [1.165, 1.54) is 18.4 Å². The van der Waals surface area contributed by atoms with Crippen molar-refractivity contribution in [2.75, 3.05) is 16.9 Å². The molecule has 0 saturated heterocycles. The Kier molecular flexibility index (Phi) is 5.65. The molecular weight excluding hydrogens is 434 g/mol. The highest BCUT2D eigenvalue weighted by atomic mass is 32.2. The van der Waals surface area contributed by atoms with Gasteiger partial charge in [0.25, 0.3) is 12.2 Å². The number of rotatable bonds is 7. The molecule has 4 N–H and O–H groups in total. The molecule has 2 aromatic carbocycles. The lowest BCUT2D eigenvalue weighted by Gasteiger charge is -2.13. The second-order valence-electron chi connectivity index (χ2n) is 6.87. The molecule has 1 atom stereocenters. The van der Waals surface area contributed by atoms with E-state index in [0.29, 0.717) is 23.0 Å². The van der Waals surface area contributed by atoms with Gasteiger partial charge in [-0.1, -0.05) is 6.07 Å². The Balaban J connectivity index is 1.43. The zero-order valence-electron chi connectivity index (χ0n) is 16.8. The van der Waals surface area contributed by atoms with Crippen LogP contribution in [0.2, 0.25) is 0 Å². The van der Waals surface area contributed by atoms with Crippen LogP contribution in [-0.2, 0) is 24.1 Å². The number of anilines is 4. The molecule has 0 bridgehead atoms. The van der Waals surface area contributed by atoms with Gasteiger partial charge >= 0.3 is 0 Å². The number of carbonyl (C=O) groups is 1. The Morgan fingerprint density at radius 1 is 1.06 bits per heavy atom. The van der Waals surface area contributed by atoms with E-state index in [1.807, 2.05) is 0 Å². The number of sulfone groups is 1. The van der Waals surface area contributed by atoms with Gasteiger partial charge in [-0.2, -0.15) is 4.98 Å². The molecule has 10 nitrogen and oxygen atoms in total. The molecule has 0 radical (unpaired) electrons. The van der Waals surface area contributed by atoms with Crippen molar-refractivity contribution < 1.29 is 22.7 Å². The van der Waals surface area contributed by atoms with Gasteiger partial charge in [0.15, 0.2) is 9.84 Å². The highest BCUT2D eigenvalue weighted by Crippen LogP contribution is 2.29. The lowest BCUT2D eigenvalue weighted by molar-refractivity contribution is -0.120. The van der Waals surface area contributed by atoms with Crippen LogP contribution in [0, 0.1) is 0 Å². The predicted molar refractivity (Wildman–Crippen MR) is 117 cm³/mol. The summed E-state index contributed by atoms with van der Waals surface area (Å²) >= 11 is 0. The number of nitrogens with zero attached hydrogens (tertiary/aromatic N) is 2. The van der Waals surface area contributed by atoms with Crippen LogP contribution in [0.5, 0.6) is 0 Å². The van der Waals surface area contributed by atoms with Crippen LogP contribution in [-0.4, -0.2) is 30.5 Å². The second kappa shape index (κ2) is 8.55. The van der Waals surface area contributed by atoms with Crippen LogP contribution in [0.4, 0.5) is 23.1 Å². The summed E-state index contributed by atoms with van der Waals surface area (Å²) in [6, 6.07) is 15.3. The number of aromatic nitrogens is 2. The number of benzene rings is 2. The van der Waals surface area contributed by atoms with Gasteiger partial charge in [0.2, 0.25) is 11.7 Å². The van der Waals surface area contributed by atoms with Gasteiger partial charge in [0, 0.05) is 29.4 Å². The van der Waals surface area contributed by atoms with Crippen molar-refractivity contribution in [2.24, 2.45) is 5.73 Å². The quantitative estimate of drug-likeness (QED) is 0.491. The Hall–Kier alpha value is -4.12. The van der Waals surface area contributed by atoms with Crippen LogP contribution < -0.4 is 16.4 Å². The van der Waals surface area contributed by atoms with Crippen molar-refractivity contribution in [1.29, 1.82) is 0 Å². The number of nitrogens with two attached hydrogens (primary N) is 1. The predicted octanol–water partition coefficient (Wildman–Crippen LogP) is 2.74. The first-order valence-corrected chi connectivity index (χ1v) is 11.3. The molecule has 0 aliphatic carbocycles. The SMILES string of the molecule is CS(=O)(=O)c1cccc(Nc2nccc(Nc3ccc(C4OC=C(C(N)=O)O4)cc3)n2)c1. The molecule has 11 heteroatoms. The molecule has 1 aromatic heterocycles. The van der Waals surface area contributed by atoms with Gasteiger partial charge in [-0.15, -0.1) is 0 Å². The number of hydrogen-bond donors (Lipinski definition) is 3. The Morgan fingerprint density at radius 2 is 1.84 bits per heavy atom. The van der Waals surface area contributed by atoms with Gasteiger partial charge in [-0.3, -0.25) is 4.79 Å². The lowest BCUT2D eigenvalue weighted by Crippen LogP contribution is -2.14. The number of primary amides is 1. The van der Waals surface area contributed by atoms with E-state index < -0.39 is 22.0 Å². The number of amides is 1. The molecule has 4 rings (SSSR count). The van der Waals surface area contributed by atoms with E-state index in [9.17, 15) is 13.2 Å². The van der Waals surface area contributed by atoms with Crippen LogP contribution in [0.3, 0.4) is 0 Å². The summed E-state index contributed by atoms with van der Waals surface area (Å²) in [7, 11) is -3.32. The molecule has 2 heterocycles. The maximum atomic E-state index is 11.7. The highest BCUT2D eigenvalue weighted by Gasteiger charge is 2.24. The number of nitrogens with one attached hydrogen (secondary N) is 2. The fourth-order valence-electron chi connectivity index (χ4n) is 2.85.